The average Bonchev–Trinajstić information content (AvgIpc) is 2.83. The Morgan fingerprint density at radius 1 is 1.00 bits per heavy atom. The van der Waals surface area contributed by atoms with Gasteiger partial charge in [-0.1, -0.05) is 6.07 Å². The molecular weight excluding hydrogens is 414 g/mol. The first kappa shape index (κ1) is 24.1. The van der Waals surface area contributed by atoms with E-state index in [1.54, 1.807) is 19.5 Å². The van der Waals surface area contributed by atoms with Crippen LogP contribution in [-0.2, 0) is 6.61 Å². The van der Waals surface area contributed by atoms with E-state index in [0.29, 0.717) is 29.7 Å². The first-order valence-electron chi connectivity index (χ1n) is 11.3. The van der Waals surface area contributed by atoms with Crippen LogP contribution in [0.25, 0.3) is 0 Å². The SMILES string of the molecule is CCN(c1ccc(C(=O)NC(C)c2ccc(OCc3ccncc3)c(OC)c2)cc1)C(C)C. The quantitative estimate of drug-likeness (QED) is 0.451. The first-order chi connectivity index (χ1) is 15.9. The summed E-state index contributed by atoms with van der Waals surface area (Å²) in [6, 6.07) is 17.5. The Hall–Kier alpha value is -3.54. The minimum absolute atomic E-state index is 0.112. The van der Waals surface area contributed by atoms with Gasteiger partial charge in [-0.2, -0.15) is 0 Å². The van der Waals surface area contributed by atoms with Gasteiger partial charge in [-0.25, -0.2) is 0 Å². The molecule has 0 saturated heterocycles. The van der Waals surface area contributed by atoms with Crippen molar-refractivity contribution in [2.75, 3.05) is 18.6 Å². The van der Waals surface area contributed by atoms with Gasteiger partial charge in [0.1, 0.15) is 6.61 Å². The summed E-state index contributed by atoms with van der Waals surface area (Å²) >= 11 is 0. The number of carbonyl (C=O) groups is 1. The van der Waals surface area contributed by atoms with E-state index < -0.39 is 0 Å². The van der Waals surface area contributed by atoms with Gasteiger partial charge in [0, 0.05) is 36.2 Å². The molecule has 1 atom stereocenters. The smallest absolute Gasteiger partial charge is 0.251 e. The van der Waals surface area contributed by atoms with Crippen molar-refractivity contribution in [1.29, 1.82) is 0 Å². The predicted octanol–water partition coefficient (Wildman–Crippen LogP) is 5.39. The molecule has 1 amide bonds. The zero-order valence-electron chi connectivity index (χ0n) is 20.0. The minimum atomic E-state index is -0.192. The number of nitrogens with one attached hydrogen (secondary N) is 1. The lowest BCUT2D eigenvalue weighted by Crippen LogP contribution is -2.30. The summed E-state index contributed by atoms with van der Waals surface area (Å²) in [5.74, 6) is 1.16. The number of pyridine rings is 1. The monoisotopic (exact) mass is 447 g/mol. The topological polar surface area (TPSA) is 63.7 Å². The number of benzene rings is 2. The van der Waals surface area contributed by atoms with Crippen molar-refractivity contribution in [2.24, 2.45) is 0 Å². The Bertz CT molecular complexity index is 1040. The number of hydrogen-bond donors (Lipinski definition) is 1. The van der Waals surface area contributed by atoms with Crippen LogP contribution in [0.3, 0.4) is 0 Å². The molecule has 1 aromatic heterocycles. The molecule has 3 rings (SSSR count). The van der Waals surface area contributed by atoms with E-state index in [2.05, 4.69) is 36.0 Å². The van der Waals surface area contributed by atoms with Crippen molar-refractivity contribution in [3.8, 4) is 11.5 Å². The second kappa shape index (κ2) is 11.4. The summed E-state index contributed by atoms with van der Waals surface area (Å²) in [7, 11) is 1.61. The van der Waals surface area contributed by atoms with E-state index in [9.17, 15) is 4.79 Å². The fourth-order valence-corrected chi connectivity index (χ4v) is 3.73. The highest BCUT2D eigenvalue weighted by Gasteiger charge is 2.15. The van der Waals surface area contributed by atoms with Crippen LogP contribution in [0.5, 0.6) is 11.5 Å². The molecule has 174 valence electrons. The highest BCUT2D eigenvalue weighted by molar-refractivity contribution is 5.94. The normalized spacial score (nSPS) is 11.7. The number of anilines is 1. The molecule has 2 aromatic carbocycles. The van der Waals surface area contributed by atoms with Gasteiger partial charge >= 0.3 is 0 Å². The summed E-state index contributed by atoms with van der Waals surface area (Å²) in [5.41, 5.74) is 3.71. The fraction of sp³-hybridized carbons (Fsp3) is 0.333. The van der Waals surface area contributed by atoms with Crippen LogP contribution in [0.15, 0.2) is 67.0 Å². The number of aromatic nitrogens is 1. The van der Waals surface area contributed by atoms with E-state index >= 15 is 0 Å². The number of hydrogen-bond acceptors (Lipinski definition) is 5. The number of methoxy groups -OCH3 is 1. The molecule has 1 heterocycles. The lowest BCUT2D eigenvalue weighted by molar-refractivity contribution is 0.0940. The molecule has 0 aliphatic heterocycles. The Morgan fingerprint density at radius 2 is 1.70 bits per heavy atom. The van der Waals surface area contributed by atoms with Crippen molar-refractivity contribution in [1.82, 2.24) is 10.3 Å². The van der Waals surface area contributed by atoms with E-state index in [0.717, 1.165) is 23.4 Å². The average molecular weight is 448 g/mol. The number of carbonyl (C=O) groups excluding carboxylic acids is 1. The number of ether oxygens (including phenoxy) is 2. The van der Waals surface area contributed by atoms with Crippen LogP contribution in [0, 0.1) is 0 Å². The van der Waals surface area contributed by atoms with Crippen molar-refractivity contribution in [2.45, 2.75) is 46.4 Å². The molecule has 0 spiro atoms. The molecule has 0 saturated carbocycles. The largest absolute Gasteiger partial charge is 0.493 e. The van der Waals surface area contributed by atoms with Crippen LogP contribution in [0.4, 0.5) is 5.69 Å². The molecule has 0 aliphatic rings. The third-order valence-corrected chi connectivity index (χ3v) is 5.60. The van der Waals surface area contributed by atoms with E-state index in [1.807, 2.05) is 61.5 Å². The van der Waals surface area contributed by atoms with Crippen molar-refractivity contribution in [3.05, 3.63) is 83.7 Å². The Kier molecular flexibility index (Phi) is 8.30. The van der Waals surface area contributed by atoms with Gasteiger partial charge in [0.15, 0.2) is 11.5 Å². The van der Waals surface area contributed by atoms with Gasteiger partial charge < -0.3 is 19.7 Å². The zero-order chi connectivity index (χ0) is 23.8. The predicted molar refractivity (Wildman–Crippen MR) is 132 cm³/mol. The maximum absolute atomic E-state index is 12.8. The molecule has 0 aliphatic carbocycles. The van der Waals surface area contributed by atoms with Crippen LogP contribution >= 0.6 is 0 Å². The lowest BCUT2D eigenvalue weighted by atomic mass is 10.1. The zero-order valence-corrected chi connectivity index (χ0v) is 20.0. The number of rotatable bonds is 10. The summed E-state index contributed by atoms with van der Waals surface area (Å²) < 4.78 is 11.4. The number of nitrogens with zero attached hydrogens (tertiary/aromatic N) is 2. The third kappa shape index (κ3) is 6.25. The Balaban J connectivity index is 1.65. The summed E-state index contributed by atoms with van der Waals surface area (Å²) in [6.07, 6.45) is 3.47. The Morgan fingerprint density at radius 3 is 2.30 bits per heavy atom. The standard InChI is InChI=1S/C27H33N3O3/c1-6-30(19(2)3)24-10-7-22(8-11-24)27(31)29-20(4)23-9-12-25(26(17-23)32-5)33-18-21-13-15-28-16-14-21/h7-17,19-20H,6,18H2,1-5H3,(H,29,31). The third-order valence-electron chi connectivity index (χ3n) is 5.60. The van der Waals surface area contributed by atoms with Crippen molar-refractivity contribution < 1.29 is 14.3 Å². The fourth-order valence-electron chi connectivity index (χ4n) is 3.73. The minimum Gasteiger partial charge on any atom is -0.493 e. The first-order valence-corrected chi connectivity index (χ1v) is 11.3. The molecule has 1 N–H and O–H groups in total. The van der Waals surface area contributed by atoms with Crippen LogP contribution in [-0.4, -0.2) is 30.6 Å². The molecule has 0 bridgehead atoms. The second-order valence-corrected chi connectivity index (χ2v) is 8.18. The maximum atomic E-state index is 12.8. The van der Waals surface area contributed by atoms with Gasteiger partial charge in [0.25, 0.3) is 5.91 Å². The molecular formula is C27H33N3O3. The second-order valence-electron chi connectivity index (χ2n) is 8.18. The highest BCUT2D eigenvalue weighted by atomic mass is 16.5. The van der Waals surface area contributed by atoms with Crippen LogP contribution in [0.2, 0.25) is 0 Å². The van der Waals surface area contributed by atoms with Gasteiger partial charge in [0.2, 0.25) is 0 Å². The molecule has 6 nitrogen and oxygen atoms in total. The molecule has 6 heteroatoms. The van der Waals surface area contributed by atoms with E-state index in [4.69, 9.17) is 9.47 Å². The summed E-state index contributed by atoms with van der Waals surface area (Å²) in [6.45, 7) is 9.75. The van der Waals surface area contributed by atoms with Crippen LogP contribution < -0.4 is 19.7 Å². The van der Waals surface area contributed by atoms with E-state index in [1.165, 1.54) is 0 Å². The van der Waals surface area contributed by atoms with Crippen molar-refractivity contribution >= 4 is 11.6 Å². The molecule has 33 heavy (non-hydrogen) atoms. The molecule has 1 unspecified atom stereocenters. The van der Waals surface area contributed by atoms with Gasteiger partial charge in [-0.15, -0.1) is 0 Å². The van der Waals surface area contributed by atoms with Crippen molar-refractivity contribution in [3.63, 3.8) is 0 Å². The van der Waals surface area contributed by atoms with Gasteiger partial charge in [0.05, 0.1) is 13.2 Å². The summed E-state index contributed by atoms with van der Waals surface area (Å²) in [5, 5.41) is 3.07. The maximum Gasteiger partial charge on any atom is 0.251 e. The lowest BCUT2D eigenvalue weighted by Gasteiger charge is -2.27. The van der Waals surface area contributed by atoms with Gasteiger partial charge in [-0.3, -0.25) is 9.78 Å². The molecule has 0 fully saturated rings. The Labute approximate surface area is 196 Å². The molecule has 3 aromatic rings. The summed E-state index contributed by atoms with van der Waals surface area (Å²) in [4.78, 5) is 19.1. The van der Waals surface area contributed by atoms with Crippen LogP contribution in [0.1, 0.15) is 55.2 Å². The molecule has 0 radical (unpaired) electrons. The van der Waals surface area contributed by atoms with Gasteiger partial charge in [-0.05, 0) is 87.4 Å². The number of amides is 1. The van der Waals surface area contributed by atoms with E-state index in [-0.39, 0.29) is 11.9 Å². The highest BCUT2D eigenvalue weighted by Crippen LogP contribution is 2.31.